The van der Waals surface area contributed by atoms with Crippen LogP contribution < -0.4 is 0 Å². The quantitative estimate of drug-likeness (QED) is 0.867. The molecule has 24 heavy (non-hydrogen) atoms. The van der Waals surface area contributed by atoms with E-state index in [1.807, 2.05) is 35.9 Å². The zero-order chi connectivity index (χ0) is 17.3. The number of fused-ring (bicyclic) bond motifs is 1. The highest BCUT2D eigenvalue weighted by molar-refractivity contribution is 5.90. The Morgan fingerprint density at radius 3 is 2.21 bits per heavy atom. The lowest BCUT2D eigenvalue weighted by molar-refractivity contribution is -0.139. The van der Waals surface area contributed by atoms with Crippen LogP contribution in [0.1, 0.15) is 24.6 Å². The van der Waals surface area contributed by atoms with Gasteiger partial charge in [0.1, 0.15) is 0 Å². The van der Waals surface area contributed by atoms with Crippen LogP contribution in [0.25, 0.3) is 10.9 Å². The molecular formula is C19H25N3O2. The van der Waals surface area contributed by atoms with E-state index in [9.17, 15) is 9.59 Å². The smallest absolute Gasteiger partial charge is 0.227 e. The van der Waals surface area contributed by atoms with Gasteiger partial charge in [-0.05, 0) is 18.6 Å². The fraction of sp³-hybridized carbons (Fsp3) is 0.474. The largest absolute Gasteiger partial charge is 0.348 e. The van der Waals surface area contributed by atoms with Crippen LogP contribution in [0.15, 0.2) is 24.3 Å². The number of benzene rings is 1. The molecule has 128 valence electrons. The molecule has 2 heterocycles. The summed E-state index contributed by atoms with van der Waals surface area (Å²) < 4.78 is 2.15. The van der Waals surface area contributed by atoms with Crippen molar-refractivity contribution in [3.63, 3.8) is 0 Å². The first-order valence-electron chi connectivity index (χ1n) is 8.61. The number of piperazine rings is 1. The molecule has 5 nitrogen and oxygen atoms in total. The minimum Gasteiger partial charge on any atom is -0.348 e. The lowest BCUT2D eigenvalue weighted by Crippen LogP contribution is -2.50. The van der Waals surface area contributed by atoms with Gasteiger partial charge >= 0.3 is 0 Å². The Morgan fingerprint density at radius 1 is 1.00 bits per heavy atom. The van der Waals surface area contributed by atoms with Crippen LogP contribution in [0, 0.1) is 6.92 Å². The molecular weight excluding hydrogens is 302 g/mol. The van der Waals surface area contributed by atoms with Crippen molar-refractivity contribution in [2.45, 2.75) is 26.7 Å². The van der Waals surface area contributed by atoms with E-state index >= 15 is 0 Å². The maximum Gasteiger partial charge on any atom is 0.227 e. The Kier molecular flexibility index (Phi) is 4.60. The van der Waals surface area contributed by atoms with Crippen LogP contribution in [-0.4, -0.2) is 52.4 Å². The standard InChI is InChI=1S/C19H25N3O2/c1-4-18(23)21-9-11-22(12-10-21)19(24)13-16-14(2)20(3)17-8-6-5-7-15(16)17/h5-8H,4,9-13H2,1-3H3. The molecule has 5 heteroatoms. The first-order valence-corrected chi connectivity index (χ1v) is 8.61. The minimum absolute atomic E-state index is 0.151. The lowest BCUT2D eigenvalue weighted by atomic mass is 10.1. The van der Waals surface area contributed by atoms with Crippen LogP contribution >= 0.6 is 0 Å². The normalized spacial score (nSPS) is 15.1. The van der Waals surface area contributed by atoms with E-state index in [-0.39, 0.29) is 11.8 Å². The number of carbonyl (C=O) groups is 2. The summed E-state index contributed by atoms with van der Waals surface area (Å²) in [6.45, 7) is 6.51. The number of amides is 2. The number of rotatable bonds is 3. The van der Waals surface area contributed by atoms with Gasteiger partial charge in [0.2, 0.25) is 11.8 Å². The summed E-state index contributed by atoms with van der Waals surface area (Å²) in [4.78, 5) is 28.2. The van der Waals surface area contributed by atoms with E-state index in [2.05, 4.69) is 23.6 Å². The molecule has 1 aliphatic rings. The Morgan fingerprint density at radius 2 is 1.58 bits per heavy atom. The van der Waals surface area contributed by atoms with Crippen LogP contribution in [0.5, 0.6) is 0 Å². The number of carbonyl (C=O) groups excluding carboxylic acids is 2. The van der Waals surface area contributed by atoms with Gasteiger partial charge in [0.15, 0.2) is 0 Å². The summed E-state index contributed by atoms with van der Waals surface area (Å²) in [5.74, 6) is 0.324. The third-order valence-electron chi connectivity index (χ3n) is 5.15. The van der Waals surface area contributed by atoms with Gasteiger partial charge < -0.3 is 14.4 Å². The molecule has 0 bridgehead atoms. The predicted octanol–water partition coefficient (Wildman–Crippen LogP) is 2.11. The average Bonchev–Trinajstić information content (AvgIpc) is 2.86. The average molecular weight is 327 g/mol. The molecule has 0 saturated carbocycles. The summed E-state index contributed by atoms with van der Waals surface area (Å²) >= 11 is 0. The van der Waals surface area contributed by atoms with Crippen molar-refractivity contribution >= 4 is 22.7 Å². The van der Waals surface area contributed by atoms with Crippen LogP contribution in [0.3, 0.4) is 0 Å². The molecule has 2 aromatic rings. The lowest BCUT2D eigenvalue weighted by Gasteiger charge is -2.34. The van der Waals surface area contributed by atoms with E-state index in [0.717, 1.165) is 22.2 Å². The molecule has 1 aromatic carbocycles. The van der Waals surface area contributed by atoms with Crippen LogP contribution in [0.2, 0.25) is 0 Å². The Balaban J connectivity index is 1.73. The first-order chi connectivity index (χ1) is 11.5. The number of nitrogens with zero attached hydrogens (tertiary/aromatic N) is 3. The molecule has 0 atom stereocenters. The molecule has 0 N–H and O–H groups in total. The van der Waals surface area contributed by atoms with E-state index in [1.54, 1.807) is 0 Å². The fourth-order valence-electron chi connectivity index (χ4n) is 3.51. The number of hydrogen-bond donors (Lipinski definition) is 0. The molecule has 1 fully saturated rings. The third kappa shape index (κ3) is 2.90. The predicted molar refractivity (Wildman–Crippen MR) is 94.8 cm³/mol. The summed E-state index contributed by atoms with van der Waals surface area (Å²) in [6.07, 6.45) is 0.956. The molecule has 3 rings (SSSR count). The SMILES string of the molecule is CCC(=O)N1CCN(C(=O)Cc2c(C)n(C)c3ccccc23)CC1. The van der Waals surface area contributed by atoms with Gasteiger partial charge in [-0.25, -0.2) is 0 Å². The second-order valence-corrected chi connectivity index (χ2v) is 6.43. The summed E-state index contributed by atoms with van der Waals surface area (Å²) in [5.41, 5.74) is 3.42. The van der Waals surface area contributed by atoms with Gasteiger partial charge in [-0.15, -0.1) is 0 Å². The molecule has 0 spiro atoms. The topological polar surface area (TPSA) is 45.6 Å². The zero-order valence-corrected chi connectivity index (χ0v) is 14.7. The Bertz CT molecular complexity index is 770. The number of hydrogen-bond acceptors (Lipinski definition) is 2. The first kappa shape index (κ1) is 16.6. The van der Waals surface area contributed by atoms with Crippen LogP contribution in [-0.2, 0) is 23.1 Å². The van der Waals surface area contributed by atoms with E-state index in [4.69, 9.17) is 0 Å². The van der Waals surface area contributed by atoms with Gasteiger partial charge in [-0.3, -0.25) is 9.59 Å². The molecule has 2 amide bonds. The van der Waals surface area contributed by atoms with Crippen molar-refractivity contribution in [1.82, 2.24) is 14.4 Å². The highest BCUT2D eigenvalue weighted by atomic mass is 16.2. The highest BCUT2D eigenvalue weighted by Crippen LogP contribution is 2.25. The van der Waals surface area contributed by atoms with Gasteiger partial charge in [0.05, 0.1) is 6.42 Å². The molecule has 1 aromatic heterocycles. The highest BCUT2D eigenvalue weighted by Gasteiger charge is 2.24. The Hall–Kier alpha value is -2.30. The molecule has 0 radical (unpaired) electrons. The van der Waals surface area contributed by atoms with E-state index < -0.39 is 0 Å². The number of para-hydroxylation sites is 1. The summed E-state index contributed by atoms with van der Waals surface area (Å²) in [6, 6.07) is 8.22. The molecule has 1 aliphatic heterocycles. The molecule has 0 unspecified atom stereocenters. The van der Waals surface area contributed by atoms with Crippen molar-refractivity contribution in [3.8, 4) is 0 Å². The second kappa shape index (κ2) is 6.67. The maximum absolute atomic E-state index is 12.7. The van der Waals surface area contributed by atoms with Crippen molar-refractivity contribution in [2.24, 2.45) is 7.05 Å². The maximum atomic E-state index is 12.7. The monoisotopic (exact) mass is 327 g/mol. The summed E-state index contributed by atoms with van der Waals surface area (Å²) in [5, 5.41) is 1.16. The van der Waals surface area contributed by atoms with Crippen molar-refractivity contribution in [1.29, 1.82) is 0 Å². The van der Waals surface area contributed by atoms with E-state index in [0.29, 0.717) is 39.0 Å². The third-order valence-corrected chi connectivity index (χ3v) is 5.15. The van der Waals surface area contributed by atoms with Crippen molar-refractivity contribution in [3.05, 3.63) is 35.5 Å². The van der Waals surface area contributed by atoms with Gasteiger partial charge in [-0.1, -0.05) is 25.1 Å². The number of aryl methyl sites for hydroxylation is 1. The van der Waals surface area contributed by atoms with E-state index in [1.165, 1.54) is 0 Å². The molecule has 0 aliphatic carbocycles. The zero-order valence-electron chi connectivity index (χ0n) is 14.7. The van der Waals surface area contributed by atoms with Gasteiger partial charge in [0.25, 0.3) is 0 Å². The molecule has 1 saturated heterocycles. The van der Waals surface area contributed by atoms with Crippen LogP contribution in [0.4, 0.5) is 0 Å². The minimum atomic E-state index is 0.151. The summed E-state index contributed by atoms with van der Waals surface area (Å²) in [7, 11) is 2.04. The Labute approximate surface area is 142 Å². The number of aromatic nitrogens is 1. The fourth-order valence-corrected chi connectivity index (χ4v) is 3.51. The van der Waals surface area contributed by atoms with Crippen molar-refractivity contribution in [2.75, 3.05) is 26.2 Å². The van der Waals surface area contributed by atoms with Crippen molar-refractivity contribution < 1.29 is 9.59 Å². The second-order valence-electron chi connectivity index (χ2n) is 6.43. The van der Waals surface area contributed by atoms with Gasteiger partial charge in [0, 0.05) is 56.2 Å². The van der Waals surface area contributed by atoms with Gasteiger partial charge in [-0.2, -0.15) is 0 Å².